The number of halogens is 1. The number of aryl methyl sites for hydroxylation is 3. The van der Waals surface area contributed by atoms with Crippen LogP contribution in [-0.4, -0.2) is 24.6 Å². The van der Waals surface area contributed by atoms with Gasteiger partial charge < -0.3 is 14.8 Å². The molecule has 0 atom stereocenters. The van der Waals surface area contributed by atoms with Crippen LogP contribution in [0.1, 0.15) is 34.7 Å². The number of carbonyl (C=O) groups excluding carboxylic acids is 2. The van der Waals surface area contributed by atoms with E-state index in [9.17, 15) is 9.59 Å². The van der Waals surface area contributed by atoms with E-state index < -0.39 is 11.8 Å². The molecular weight excluding hydrogens is 510 g/mol. The Morgan fingerprint density at radius 2 is 1.69 bits per heavy atom. The molecule has 3 rings (SSSR count). The fourth-order valence-corrected chi connectivity index (χ4v) is 4.00. The van der Waals surface area contributed by atoms with Crippen LogP contribution in [0.2, 0.25) is 0 Å². The molecule has 0 bridgehead atoms. The molecule has 0 radical (unpaired) electrons. The van der Waals surface area contributed by atoms with Crippen LogP contribution in [-0.2, 0) is 16.2 Å². The molecule has 8 heteroatoms. The lowest BCUT2D eigenvalue weighted by Gasteiger charge is -2.15. The highest BCUT2D eigenvalue weighted by molar-refractivity contribution is 9.10. The Bertz CT molecular complexity index is 1240. The van der Waals surface area contributed by atoms with Gasteiger partial charge in [-0.2, -0.15) is 5.10 Å². The lowest BCUT2D eigenvalue weighted by molar-refractivity contribution is -0.136. The Kier molecular flexibility index (Phi) is 9.03. The maximum atomic E-state index is 12.3. The number of hydrogen-bond acceptors (Lipinski definition) is 5. The maximum absolute atomic E-state index is 12.3. The van der Waals surface area contributed by atoms with Gasteiger partial charge in [-0.3, -0.25) is 9.59 Å². The first kappa shape index (κ1) is 26.0. The van der Waals surface area contributed by atoms with Crippen molar-refractivity contribution in [3.63, 3.8) is 0 Å². The zero-order chi connectivity index (χ0) is 25.4. The minimum Gasteiger partial charge on any atom is -0.490 e. The molecule has 0 saturated heterocycles. The van der Waals surface area contributed by atoms with Gasteiger partial charge in [-0.25, -0.2) is 5.43 Å². The molecule has 0 aromatic heterocycles. The number of benzene rings is 3. The molecule has 0 heterocycles. The molecule has 0 aliphatic heterocycles. The molecule has 0 spiro atoms. The van der Waals surface area contributed by atoms with E-state index >= 15 is 0 Å². The maximum Gasteiger partial charge on any atom is 0.329 e. The van der Waals surface area contributed by atoms with Gasteiger partial charge in [0.1, 0.15) is 6.61 Å². The summed E-state index contributed by atoms with van der Waals surface area (Å²) in [5.41, 5.74) is 7.47. The molecule has 3 aromatic rings. The van der Waals surface area contributed by atoms with Crippen LogP contribution < -0.4 is 20.2 Å². The highest BCUT2D eigenvalue weighted by Crippen LogP contribution is 2.37. The predicted molar refractivity (Wildman–Crippen MR) is 141 cm³/mol. The normalized spacial score (nSPS) is 10.8. The topological polar surface area (TPSA) is 89.0 Å². The van der Waals surface area contributed by atoms with Crippen molar-refractivity contribution in [2.24, 2.45) is 5.10 Å². The van der Waals surface area contributed by atoms with Gasteiger partial charge in [0, 0.05) is 5.69 Å². The predicted octanol–water partition coefficient (Wildman–Crippen LogP) is 5.44. The zero-order valence-electron chi connectivity index (χ0n) is 20.1. The van der Waals surface area contributed by atoms with Gasteiger partial charge in [0.05, 0.1) is 17.3 Å². The number of anilines is 1. The van der Waals surface area contributed by atoms with Crippen LogP contribution in [0.3, 0.4) is 0 Å². The van der Waals surface area contributed by atoms with Gasteiger partial charge in [-0.1, -0.05) is 48.0 Å². The molecule has 35 heavy (non-hydrogen) atoms. The highest BCUT2D eigenvalue weighted by atomic mass is 79.9. The summed E-state index contributed by atoms with van der Waals surface area (Å²) in [6, 6.07) is 17.2. The lowest BCUT2D eigenvalue weighted by atomic mass is 10.1. The van der Waals surface area contributed by atoms with Crippen LogP contribution in [0.15, 0.2) is 64.2 Å². The first-order valence-electron chi connectivity index (χ1n) is 11.1. The minimum atomic E-state index is -0.869. The number of hydrogen-bond donors (Lipinski definition) is 2. The molecule has 3 aromatic carbocycles. The highest BCUT2D eigenvalue weighted by Gasteiger charge is 2.16. The number of nitrogens with one attached hydrogen (secondary N) is 2. The molecule has 7 nitrogen and oxygen atoms in total. The van der Waals surface area contributed by atoms with Gasteiger partial charge in [-0.05, 0) is 78.0 Å². The van der Waals surface area contributed by atoms with E-state index in [1.165, 1.54) is 6.21 Å². The molecule has 0 aliphatic carbocycles. The number of carbonyl (C=O) groups is 2. The van der Waals surface area contributed by atoms with Crippen molar-refractivity contribution in [3.8, 4) is 11.5 Å². The molecule has 182 valence electrons. The van der Waals surface area contributed by atoms with E-state index in [0.717, 1.165) is 22.3 Å². The first-order valence-corrected chi connectivity index (χ1v) is 11.9. The van der Waals surface area contributed by atoms with E-state index in [1.54, 1.807) is 12.1 Å². The molecular formula is C27H28BrN3O4. The number of para-hydroxylation sites is 1. The Morgan fingerprint density at radius 3 is 2.37 bits per heavy atom. The second-order valence-corrected chi connectivity index (χ2v) is 8.82. The number of rotatable bonds is 8. The van der Waals surface area contributed by atoms with Crippen molar-refractivity contribution < 1.29 is 19.1 Å². The van der Waals surface area contributed by atoms with Gasteiger partial charge in [0.2, 0.25) is 0 Å². The molecule has 0 unspecified atom stereocenters. The van der Waals surface area contributed by atoms with Crippen molar-refractivity contribution in [2.45, 2.75) is 34.3 Å². The number of ether oxygens (including phenoxy) is 2. The van der Waals surface area contributed by atoms with Gasteiger partial charge >= 0.3 is 11.8 Å². The molecule has 0 fully saturated rings. The van der Waals surface area contributed by atoms with Crippen molar-refractivity contribution in [3.05, 3.63) is 86.9 Å². The van der Waals surface area contributed by atoms with Crippen LogP contribution in [0.25, 0.3) is 0 Å². The quantitative estimate of drug-likeness (QED) is 0.227. The van der Waals surface area contributed by atoms with E-state index in [-0.39, 0.29) is 0 Å². The summed E-state index contributed by atoms with van der Waals surface area (Å²) in [5, 5.41) is 6.55. The van der Waals surface area contributed by atoms with Crippen molar-refractivity contribution >= 4 is 39.6 Å². The Balaban J connectivity index is 1.67. The summed E-state index contributed by atoms with van der Waals surface area (Å²) in [5.74, 6) is -0.556. The minimum absolute atomic E-state index is 0.388. The van der Waals surface area contributed by atoms with Gasteiger partial charge in [0.15, 0.2) is 11.5 Å². The summed E-state index contributed by atoms with van der Waals surface area (Å²) in [6.45, 7) is 8.48. The number of nitrogens with zero attached hydrogens (tertiary/aromatic N) is 1. The first-order chi connectivity index (χ1) is 16.8. The fraction of sp³-hybridized carbons (Fsp3) is 0.222. The van der Waals surface area contributed by atoms with Crippen LogP contribution in [0.5, 0.6) is 11.5 Å². The Morgan fingerprint density at radius 1 is 0.971 bits per heavy atom. The van der Waals surface area contributed by atoms with E-state index in [4.69, 9.17) is 9.47 Å². The van der Waals surface area contributed by atoms with Crippen molar-refractivity contribution in [1.82, 2.24) is 5.43 Å². The van der Waals surface area contributed by atoms with E-state index in [0.29, 0.717) is 40.4 Å². The van der Waals surface area contributed by atoms with Crippen LogP contribution in [0, 0.1) is 20.8 Å². The second-order valence-electron chi connectivity index (χ2n) is 7.96. The SMILES string of the molecule is CCOc1cc(/C=N/NC(=O)C(=O)Nc2c(C)cccc2C)cc(Br)c1OCc1cccc(C)c1. The van der Waals surface area contributed by atoms with E-state index in [2.05, 4.69) is 37.8 Å². The van der Waals surface area contributed by atoms with Crippen LogP contribution >= 0.6 is 15.9 Å². The van der Waals surface area contributed by atoms with Crippen molar-refractivity contribution in [2.75, 3.05) is 11.9 Å². The number of amides is 2. The van der Waals surface area contributed by atoms with Gasteiger partial charge in [0.25, 0.3) is 0 Å². The zero-order valence-corrected chi connectivity index (χ0v) is 21.7. The smallest absolute Gasteiger partial charge is 0.329 e. The van der Waals surface area contributed by atoms with Crippen LogP contribution in [0.4, 0.5) is 5.69 Å². The number of hydrazone groups is 1. The fourth-order valence-electron chi connectivity index (χ4n) is 3.42. The molecule has 2 amide bonds. The van der Waals surface area contributed by atoms with Crippen molar-refractivity contribution in [1.29, 1.82) is 0 Å². The standard InChI is InChI=1S/C27H28BrN3O4/c1-5-34-23-14-21(13-22(28)25(23)35-16-20-11-6-8-17(2)12-20)15-29-31-27(33)26(32)30-24-18(3)9-7-10-19(24)4/h6-15H,5,16H2,1-4H3,(H,30,32)(H,31,33)/b29-15+. The average molecular weight is 538 g/mol. The summed E-state index contributed by atoms with van der Waals surface area (Å²) in [7, 11) is 0. The Labute approximate surface area is 213 Å². The molecule has 0 saturated carbocycles. The third-order valence-electron chi connectivity index (χ3n) is 5.10. The monoisotopic (exact) mass is 537 g/mol. The summed E-state index contributed by atoms with van der Waals surface area (Å²) >= 11 is 3.53. The molecule has 0 aliphatic rings. The summed E-state index contributed by atoms with van der Waals surface area (Å²) < 4.78 is 12.5. The second kappa shape index (κ2) is 12.2. The summed E-state index contributed by atoms with van der Waals surface area (Å²) in [4.78, 5) is 24.5. The molecule has 2 N–H and O–H groups in total. The van der Waals surface area contributed by atoms with Gasteiger partial charge in [-0.15, -0.1) is 0 Å². The summed E-state index contributed by atoms with van der Waals surface area (Å²) in [6.07, 6.45) is 1.43. The lowest BCUT2D eigenvalue weighted by Crippen LogP contribution is -2.32. The third kappa shape index (κ3) is 7.16. The average Bonchev–Trinajstić information content (AvgIpc) is 2.81. The largest absolute Gasteiger partial charge is 0.490 e. The van der Waals surface area contributed by atoms with E-state index in [1.807, 2.05) is 64.1 Å². The third-order valence-corrected chi connectivity index (χ3v) is 5.69. The Hall–Kier alpha value is -3.65.